The molecule has 0 heterocycles. The average molecular weight is 224 g/mol. The first kappa shape index (κ1) is 11.6. The molecular weight excluding hydrogens is 216 g/mol. The molecule has 1 aromatic rings. The lowest BCUT2D eigenvalue weighted by atomic mass is 10.2. The van der Waals surface area contributed by atoms with Crippen molar-refractivity contribution in [3.8, 4) is 5.75 Å². The Bertz CT molecular complexity index is 444. The van der Waals surface area contributed by atoms with Crippen LogP contribution in [-0.2, 0) is 4.79 Å². The van der Waals surface area contributed by atoms with Crippen molar-refractivity contribution >= 4 is 17.9 Å². The van der Waals surface area contributed by atoms with Gasteiger partial charge in [0.25, 0.3) is 11.6 Å². The number of rotatable bonds is 5. The van der Waals surface area contributed by atoms with E-state index in [1.165, 1.54) is 12.1 Å². The number of ether oxygens (including phenoxy) is 1. The summed E-state index contributed by atoms with van der Waals surface area (Å²) in [5.41, 5.74) is 4.62. The largest absolute Gasteiger partial charge is 0.483 e. The zero-order valence-corrected chi connectivity index (χ0v) is 8.08. The third-order valence-corrected chi connectivity index (χ3v) is 1.70. The number of amides is 1. The molecule has 0 aliphatic rings. The highest BCUT2D eigenvalue weighted by Crippen LogP contribution is 2.22. The zero-order chi connectivity index (χ0) is 12.1. The van der Waals surface area contributed by atoms with Gasteiger partial charge in [0, 0.05) is 12.1 Å². The van der Waals surface area contributed by atoms with Gasteiger partial charge in [-0.2, -0.15) is 0 Å². The van der Waals surface area contributed by atoms with Gasteiger partial charge in [-0.15, -0.1) is 0 Å². The van der Waals surface area contributed by atoms with Crippen LogP contribution in [0.15, 0.2) is 18.2 Å². The molecule has 7 heteroatoms. The summed E-state index contributed by atoms with van der Waals surface area (Å²) in [7, 11) is 0. The van der Waals surface area contributed by atoms with E-state index in [2.05, 4.69) is 0 Å². The topological polar surface area (TPSA) is 113 Å². The van der Waals surface area contributed by atoms with Gasteiger partial charge in [-0.25, -0.2) is 0 Å². The first-order valence-electron chi connectivity index (χ1n) is 4.19. The maximum absolute atomic E-state index is 10.6. The Morgan fingerprint density at radius 2 is 2.25 bits per heavy atom. The average Bonchev–Trinajstić information content (AvgIpc) is 2.25. The number of non-ortho nitro benzene ring substituents is 1. The van der Waals surface area contributed by atoms with E-state index in [1.807, 2.05) is 0 Å². The zero-order valence-electron chi connectivity index (χ0n) is 8.08. The number of benzene rings is 1. The fraction of sp³-hybridized carbons (Fsp3) is 0.111. The van der Waals surface area contributed by atoms with Gasteiger partial charge in [0.2, 0.25) is 0 Å². The molecule has 84 valence electrons. The predicted molar refractivity (Wildman–Crippen MR) is 53.2 cm³/mol. The number of nitrogens with zero attached hydrogens (tertiary/aromatic N) is 1. The molecule has 0 saturated carbocycles. The van der Waals surface area contributed by atoms with Gasteiger partial charge in [-0.1, -0.05) is 0 Å². The molecule has 0 fully saturated rings. The summed E-state index contributed by atoms with van der Waals surface area (Å²) in [5, 5.41) is 10.4. The van der Waals surface area contributed by atoms with Gasteiger partial charge in [0.15, 0.2) is 12.9 Å². The summed E-state index contributed by atoms with van der Waals surface area (Å²) in [5.74, 6) is -0.616. The first-order chi connectivity index (χ1) is 7.54. The number of hydrogen-bond donors (Lipinski definition) is 1. The molecule has 0 aromatic heterocycles. The van der Waals surface area contributed by atoms with Crippen LogP contribution in [0.5, 0.6) is 5.75 Å². The maximum atomic E-state index is 10.6. The Labute approximate surface area is 90.0 Å². The van der Waals surface area contributed by atoms with Gasteiger partial charge in [0.1, 0.15) is 5.75 Å². The highest BCUT2D eigenvalue weighted by molar-refractivity contribution is 5.81. The van der Waals surface area contributed by atoms with Crippen LogP contribution in [-0.4, -0.2) is 23.7 Å². The summed E-state index contributed by atoms with van der Waals surface area (Å²) in [6.45, 7) is -0.390. The van der Waals surface area contributed by atoms with Crippen molar-refractivity contribution in [2.75, 3.05) is 6.61 Å². The second kappa shape index (κ2) is 4.87. The Morgan fingerprint density at radius 3 is 2.75 bits per heavy atom. The second-order valence-electron chi connectivity index (χ2n) is 2.85. The van der Waals surface area contributed by atoms with E-state index in [-0.39, 0.29) is 17.0 Å². The third kappa shape index (κ3) is 2.77. The number of nitro groups is 1. The van der Waals surface area contributed by atoms with Crippen molar-refractivity contribution in [3.63, 3.8) is 0 Å². The van der Waals surface area contributed by atoms with E-state index in [9.17, 15) is 19.7 Å². The summed E-state index contributed by atoms with van der Waals surface area (Å²) < 4.78 is 4.90. The molecule has 16 heavy (non-hydrogen) atoms. The van der Waals surface area contributed by atoms with Crippen LogP contribution in [0.1, 0.15) is 10.4 Å². The number of hydrogen-bond acceptors (Lipinski definition) is 5. The molecule has 0 atom stereocenters. The Balaban J connectivity index is 2.97. The van der Waals surface area contributed by atoms with E-state index in [0.717, 1.165) is 6.07 Å². The van der Waals surface area contributed by atoms with E-state index in [0.29, 0.717) is 6.29 Å². The molecule has 0 radical (unpaired) electrons. The molecular formula is C9H8N2O5. The van der Waals surface area contributed by atoms with Crippen molar-refractivity contribution in [2.24, 2.45) is 5.73 Å². The molecule has 0 saturated heterocycles. The molecule has 0 aliphatic carbocycles. The molecule has 7 nitrogen and oxygen atoms in total. The summed E-state index contributed by atoms with van der Waals surface area (Å²) in [6, 6.07) is 3.47. The molecule has 0 aliphatic heterocycles. The fourth-order valence-electron chi connectivity index (χ4n) is 1.02. The SMILES string of the molecule is NC(=O)COc1ccc([N+](=O)[O-])cc1C=O. The van der Waals surface area contributed by atoms with E-state index in [4.69, 9.17) is 10.5 Å². The fourth-order valence-corrected chi connectivity index (χ4v) is 1.02. The van der Waals surface area contributed by atoms with E-state index >= 15 is 0 Å². The highest BCUT2D eigenvalue weighted by Gasteiger charge is 2.11. The van der Waals surface area contributed by atoms with Crippen molar-refractivity contribution in [1.29, 1.82) is 0 Å². The van der Waals surface area contributed by atoms with Crippen LogP contribution in [0.4, 0.5) is 5.69 Å². The molecule has 0 bridgehead atoms. The number of carbonyl (C=O) groups excluding carboxylic acids is 2. The van der Waals surface area contributed by atoms with Crippen molar-refractivity contribution in [3.05, 3.63) is 33.9 Å². The van der Waals surface area contributed by atoms with Crippen LogP contribution in [0.25, 0.3) is 0 Å². The second-order valence-corrected chi connectivity index (χ2v) is 2.85. The minimum atomic E-state index is -0.699. The first-order valence-corrected chi connectivity index (χ1v) is 4.19. The summed E-state index contributed by atoms with van der Waals surface area (Å²) in [4.78, 5) is 30.9. The molecule has 1 rings (SSSR count). The van der Waals surface area contributed by atoms with Crippen molar-refractivity contribution in [2.45, 2.75) is 0 Å². The Kier molecular flexibility index (Phi) is 3.54. The van der Waals surface area contributed by atoms with Gasteiger partial charge < -0.3 is 10.5 Å². The number of carbonyl (C=O) groups is 2. The number of nitro benzene ring substituents is 1. The number of nitrogens with two attached hydrogens (primary N) is 1. The smallest absolute Gasteiger partial charge is 0.270 e. The van der Waals surface area contributed by atoms with Crippen molar-refractivity contribution in [1.82, 2.24) is 0 Å². The quantitative estimate of drug-likeness (QED) is 0.438. The Morgan fingerprint density at radius 1 is 1.56 bits per heavy atom. The van der Waals surface area contributed by atoms with Crippen molar-refractivity contribution < 1.29 is 19.2 Å². The third-order valence-electron chi connectivity index (χ3n) is 1.70. The standard InChI is InChI=1S/C9H8N2O5/c10-9(13)5-16-8-2-1-7(11(14)15)3-6(8)4-12/h1-4H,5H2,(H2,10,13). The van der Waals surface area contributed by atoms with Crippen LogP contribution >= 0.6 is 0 Å². The summed E-state index contributed by atoms with van der Waals surface area (Å²) >= 11 is 0. The van der Waals surface area contributed by atoms with Crippen LogP contribution in [0.2, 0.25) is 0 Å². The maximum Gasteiger partial charge on any atom is 0.270 e. The lowest BCUT2D eigenvalue weighted by Crippen LogP contribution is -2.20. The predicted octanol–water partition coefficient (Wildman–Crippen LogP) is 0.271. The van der Waals surface area contributed by atoms with Gasteiger partial charge in [0.05, 0.1) is 10.5 Å². The molecule has 1 aromatic carbocycles. The molecule has 0 spiro atoms. The van der Waals surface area contributed by atoms with Gasteiger partial charge in [-0.05, 0) is 6.07 Å². The normalized spacial score (nSPS) is 9.50. The minimum absolute atomic E-state index is 0.00421. The Hall–Kier alpha value is -2.44. The van der Waals surface area contributed by atoms with Crippen LogP contribution in [0, 0.1) is 10.1 Å². The number of primary amides is 1. The van der Waals surface area contributed by atoms with E-state index < -0.39 is 17.4 Å². The van der Waals surface area contributed by atoms with Crippen LogP contribution in [0.3, 0.4) is 0 Å². The number of aldehydes is 1. The monoisotopic (exact) mass is 224 g/mol. The van der Waals surface area contributed by atoms with Gasteiger partial charge >= 0.3 is 0 Å². The van der Waals surface area contributed by atoms with E-state index in [1.54, 1.807) is 0 Å². The minimum Gasteiger partial charge on any atom is -0.483 e. The molecule has 1 amide bonds. The summed E-state index contributed by atoms with van der Waals surface area (Å²) in [6.07, 6.45) is 0.406. The van der Waals surface area contributed by atoms with Crippen LogP contribution < -0.4 is 10.5 Å². The van der Waals surface area contributed by atoms with Gasteiger partial charge in [-0.3, -0.25) is 19.7 Å². The lowest BCUT2D eigenvalue weighted by molar-refractivity contribution is -0.384. The highest BCUT2D eigenvalue weighted by atomic mass is 16.6. The lowest BCUT2D eigenvalue weighted by Gasteiger charge is -2.05. The molecule has 2 N–H and O–H groups in total. The molecule has 0 unspecified atom stereocenters.